The van der Waals surface area contributed by atoms with E-state index in [-0.39, 0.29) is 10.5 Å². The topological polar surface area (TPSA) is 26.3 Å². The summed E-state index contributed by atoms with van der Waals surface area (Å²) in [5.41, 5.74) is -0.139. The quantitative estimate of drug-likeness (QED) is 0.631. The second-order valence-corrected chi connectivity index (χ2v) is 3.24. The average Bonchev–Trinajstić information content (AvgIpc) is 2.05. The van der Waals surface area contributed by atoms with Crippen LogP contribution in [0.2, 0.25) is 0 Å². The number of benzene rings is 1. The maximum absolute atomic E-state index is 12.0. The number of rotatable bonds is 2. The summed E-state index contributed by atoms with van der Waals surface area (Å²) < 4.78 is 39.7. The zero-order chi connectivity index (χ0) is 11.6. The van der Waals surface area contributed by atoms with Gasteiger partial charge in [-0.15, -0.1) is 25.8 Å². The van der Waals surface area contributed by atoms with Crippen LogP contribution in [0.4, 0.5) is 13.2 Å². The number of ether oxygens (including phenoxy) is 1. The summed E-state index contributed by atoms with van der Waals surface area (Å²) in [7, 11) is 0. The monoisotopic (exact) mass is 236 g/mol. The van der Waals surface area contributed by atoms with Crippen LogP contribution in [0.3, 0.4) is 0 Å². The normalized spacial score (nSPS) is 11.3. The lowest BCUT2D eigenvalue weighted by Gasteiger charge is -2.13. The molecule has 1 aromatic carbocycles. The van der Waals surface area contributed by atoms with Gasteiger partial charge < -0.3 is 4.74 Å². The van der Waals surface area contributed by atoms with Crippen molar-refractivity contribution in [1.82, 2.24) is 0 Å². The highest BCUT2D eigenvalue weighted by Crippen LogP contribution is 2.32. The van der Waals surface area contributed by atoms with E-state index in [1.807, 2.05) is 0 Å². The van der Waals surface area contributed by atoms with Gasteiger partial charge in [-0.3, -0.25) is 4.79 Å². The van der Waals surface area contributed by atoms with Crippen LogP contribution in [0.25, 0.3) is 0 Å². The lowest BCUT2D eigenvalue weighted by molar-refractivity contribution is -0.275. The summed E-state index contributed by atoms with van der Waals surface area (Å²) in [6, 6.07) is 4.00. The van der Waals surface area contributed by atoms with Gasteiger partial charge in [0, 0.05) is 4.90 Å². The van der Waals surface area contributed by atoms with Gasteiger partial charge in [-0.1, -0.05) is 6.07 Å². The number of hydrogen-bond acceptors (Lipinski definition) is 3. The van der Waals surface area contributed by atoms with Crippen molar-refractivity contribution in [2.24, 2.45) is 0 Å². The first kappa shape index (κ1) is 11.9. The van der Waals surface area contributed by atoms with Gasteiger partial charge in [0.1, 0.15) is 0 Å². The van der Waals surface area contributed by atoms with Crippen LogP contribution in [0.15, 0.2) is 23.1 Å². The molecule has 2 nitrogen and oxygen atoms in total. The molecule has 0 fully saturated rings. The highest BCUT2D eigenvalue weighted by atomic mass is 32.1. The molecule has 0 aliphatic carbocycles. The van der Waals surface area contributed by atoms with E-state index < -0.39 is 17.9 Å². The van der Waals surface area contributed by atoms with Crippen molar-refractivity contribution in [1.29, 1.82) is 0 Å². The van der Waals surface area contributed by atoms with Crippen molar-refractivity contribution in [3.63, 3.8) is 0 Å². The molecular weight excluding hydrogens is 229 g/mol. The summed E-state index contributed by atoms with van der Waals surface area (Å²) >= 11 is 3.80. The molecule has 82 valence electrons. The molecular formula is C9H7F3O2S. The summed E-state index contributed by atoms with van der Waals surface area (Å²) in [5.74, 6) is -1.06. The highest BCUT2D eigenvalue weighted by Gasteiger charge is 2.33. The van der Waals surface area contributed by atoms with E-state index in [1.165, 1.54) is 18.2 Å². The Balaban J connectivity index is 3.19. The van der Waals surface area contributed by atoms with Gasteiger partial charge in [-0.2, -0.15) is 0 Å². The van der Waals surface area contributed by atoms with E-state index >= 15 is 0 Å². The van der Waals surface area contributed by atoms with Gasteiger partial charge in [0.05, 0.1) is 5.56 Å². The summed E-state index contributed by atoms with van der Waals surface area (Å²) in [4.78, 5) is 11.0. The van der Waals surface area contributed by atoms with Crippen LogP contribution in [0, 0.1) is 0 Å². The number of para-hydroxylation sites is 1. The highest BCUT2D eigenvalue weighted by molar-refractivity contribution is 7.80. The van der Waals surface area contributed by atoms with Gasteiger partial charge in [-0.25, -0.2) is 0 Å². The molecule has 0 spiro atoms. The Bertz CT molecular complexity index is 387. The molecule has 15 heavy (non-hydrogen) atoms. The predicted molar refractivity (Wildman–Crippen MR) is 50.4 cm³/mol. The number of Topliss-reactive ketones (excluding diaryl/α,β-unsaturated/α-hetero) is 1. The zero-order valence-electron chi connectivity index (χ0n) is 7.63. The van der Waals surface area contributed by atoms with Crippen molar-refractivity contribution in [3.8, 4) is 5.75 Å². The van der Waals surface area contributed by atoms with Crippen LogP contribution in [0.5, 0.6) is 5.75 Å². The van der Waals surface area contributed by atoms with E-state index in [9.17, 15) is 18.0 Å². The second kappa shape index (κ2) is 4.14. The van der Waals surface area contributed by atoms with Gasteiger partial charge in [-0.05, 0) is 19.1 Å². The molecule has 0 aromatic heterocycles. The number of hydrogen-bond donors (Lipinski definition) is 1. The Morgan fingerprint density at radius 3 is 2.47 bits per heavy atom. The third kappa shape index (κ3) is 3.16. The lowest BCUT2D eigenvalue weighted by atomic mass is 10.1. The van der Waals surface area contributed by atoms with Crippen molar-refractivity contribution < 1.29 is 22.7 Å². The van der Waals surface area contributed by atoms with E-state index in [2.05, 4.69) is 17.4 Å². The molecule has 0 heterocycles. The molecule has 0 amide bonds. The minimum atomic E-state index is -4.83. The van der Waals surface area contributed by atoms with Crippen molar-refractivity contribution in [3.05, 3.63) is 23.8 Å². The first-order valence-corrected chi connectivity index (χ1v) is 4.34. The Morgan fingerprint density at radius 1 is 1.40 bits per heavy atom. The van der Waals surface area contributed by atoms with Gasteiger partial charge >= 0.3 is 6.36 Å². The molecule has 0 atom stereocenters. The Hall–Kier alpha value is -1.17. The van der Waals surface area contributed by atoms with E-state index in [0.717, 1.165) is 6.92 Å². The third-order valence-corrected chi connectivity index (χ3v) is 1.94. The lowest BCUT2D eigenvalue weighted by Crippen LogP contribution is -2.19. The Kier molecular flexibility index (Phi) is 3.28. The van der Waals surface area contributed by atoms with E-state index in [1.54, 1.807) is 0 Å². The average molecular weight is 236 g/mol. The molecule has 0 saturated carbocycles. The number of thiol groups is 1. The standard InChI is InChI=1S/C9H7F3O2S/c1-5(13)6-3-2-4-7(15)8(6)14-9(10,11)12/h2-4,15H,1H3. The molecule has 0 radical (unpaired) electrons. The number of ketones is 1. The molecule has 0 aliphatic heterocycles. The molecule has 1 aromatic rings. The predicted octanol–water partition coefficient (Wildman–Crippen LogP) is 3.08. The second-order valence-electron chi connectivity index (χ2n) is 2.76. The first-order chi connectivity index (χ1) is 6.81. The maximum Gasteiger partial charge on any atom is 0.573 e. The smallest absolute Gasteiger partial charge is 0.404 e. The molecule has 0 N–H and O–H groups in total. The molecule has 6 heteroatoms. The van der Waals surface area contributed by atoms with E-state index in [4.69, 9.17) is 0 Å². The number of carbonyl (C=O) groups is 1. The van der Waals surface area contributed by atoms with Crippen LogP contribution >= 0.6 is 12.6 Å². The maximum atomic E-state index is 12.0. The van der Waals surface area contributed by atoms with Crippen molar-refractivity contribution in [2.75, 3.05) is 0 Å². The minimum Gasteiger partial charge on any atom is -0.404 e. The van der Waals surface area contributed by atoms with Gasteiger partial charge in [0.2, 0.25) is 0 Å². The number of alkyl halides is 3. The van der Waals surface area contributed by atoms with E-state index in [0.29, 0.717) is 0 Å². The van der Waals surface area contributed by atoms with Crippen LogP contribution in [-0.2, 0) is 0 Å². The number of halogens is 3. The fourth-order valence-electron chi connectivity index (χ4n) is 1.03. The van der Waals surface area contributed by atoms with Gasteiger partial charge in [0.15, 0.2) is 11.5 Å². The van der Waals surface area contributed by atoms with Gasteiger partial charge in [0.25, 0.3) is 0 Å². The molecule has 0 unspecified atom stereocenters. The fraction of sp³-hybridized carbons (Fsp3) is 0.222. The summed E-state index contributed by atoms with van der Waals surface area (Å²) in [5, 5.41) is 0. The molecule has 0 aliphatic rings. The number of carbonyl (C=O) groups excluding carboxylic acids is 1. The van der Waals surface area contributed by atoms with Crippen LogP contribution in [-0.4, -0.2) is 12.1 Å². The molecule has 0 bridgehead atoms. The van der Waals surface area contributed by atoms with Crippen molar-refractivity contribution >= 4 is 18.4 Å². The van der Waals surface area contributed by atoms with Crippen LogP contribution in [0.1, 0.15) is 17.3 Å². The zero-order valence-corrected chi connectivity index (χ0v) is 8.52. The fourth-order valence-corrected chi connectivity index (χ4v) is 1.28. The minimum absolute atomic E-state index is 0.0278. The molecule has 0 saturated heterocycles. The summed E-state index contributed by atoms with van der Waals surface area (Å²) in [6.45, 7) is 1.16. The van der Waals surface area contributed by atoms with Crippen LogP contribution < -0.4 is 4.74 Å². The Labute approximate surface area is 89.5 Å². The SMILES string of the molecule is CC(=O)c1cccc(S)c1OC(F)(F)F. The van der Waals surface area contributed by atoms with Crippen molar-refractivity contribution in [2.45, 2.75) is 18.2 Å². The largest absolute Gasteiger partial charge is 0.573 e. The Morgan fingerprint density at radius 2 is 2.00 bits per heavy atom. The third-order valence-electron chi connectivity index (χ3n) is 1.59. The molecule has 1 rings (SSSR count). The summed E-state index contributed by atoms with van der Waals surface area (Å²) in [6.07, 6.45) is -4.83. The first-order valence-electron chi connectivity index (χ1n) is 3.90.